The summed E-state index contributed by atoms with van der Waals surface area (Å²) in [6.45, 7) is 0. The van der Waals surface area contributed by atoms with Crippen LogP contribution in [0.5, 0.6) is 0 Å². The van der Waals surface area contributed by atoms with Gasteiger partial charge in [-0.1, -0.05) is 0 Å². The SMILES string of the molecule is O.O=P(O)(O)O.[AlH3].[NaH]. The van der Waals surface area contributed by atoms with Crippen LogP contribution in [0.1, 0.15) is 0 Å². The van der Waals surface area contributed by atoms with Crippen LogP contribution in [0.15, 0.2) is 0 Å². The van der Waals surface area contributed by atoms with Gasteiger partial charge in [-0.05, 0) is 0 Å². The Morgan fingerprint density at radius 2 is 1.12 bits per heavy atom. The van der Waals surface area contributed by atoms with E-state index in [9.17, 15) is 0 Å². The zero-order chi connectivity index (χ0) is 4.50. The van der Waals surface area contributed by atoms with E-state index in [1.807, 2.05) is 0 Å². The molecule has 8 heteroatoms. The van der Waals surface area contributed by atoms with Gasteiger partial charge in [-0.15, -0.1) is 0 Å². The molecule has 48 valence electrons. The van der Waals surface area contributed by atoms with E-state index in [1.165, 1.54) is 0 Å². The van der Waals surface area contributed by atoms with E-state index in [4.69, 9.17) is 19.2 Å². The maximum absolute atomic E-state index is 8.88. The first-order chi connectivity index (χ1) is 2.00. The van der Waals surface area contributed by atoms with Crippen LogP contribution in [0.4, 0.5) is 0 Å². The molecule has 0 atom stereocenters. The van der Waals surface area contributed by atoms with Crippen LogP contribution in [0.25, 0.3) is 0 Å². The van der Waals surface area contributed by atoms with Crippen molar-refractivity contribution in [2.75, 3.05) is 0 Å². The molecule has 0 aliphatic carbocycles. The monoisotopic (exact) mass is 170 g/mol. The van der Waals surface area contributed by atoms with Crippen LogP contribution >= 0.6 is 7.82 Å². The molecule has 0 saturated heterocycles. The predicted molar refractivity (Wildman–Crippen MR) is 35.0 cm³/mol. The first-order valence-corrected chi connectivity index (χ1v) is 2.35. The van der Waals surface area contributed by atoms with Gasteiger partial charge in [0.1, 0.15) is 0 Å². The molecule has 5 N–H and O–H groups in total. The first kappa shape index (κ1) is 22.6. The third-order valence-corrected chi connectivity index (χ3v) is 0. The Kier molecular flexibility index (Phi) is 24.3. The van der Waals surface area contributed by atoms with Crippen LogP contribution < -0.4 is 0 Å². The zero-order valence-electron chi connectivity index (χ0n) is 2.70. The number of hydrogen-bond donors (Lipinski definition) is 3. The molecule has 0 aromatic heterocycles. The van der Waals surface area contributed by atoms with E-state index < -0.39 is 7.82 Å². The van der Waals surface area contributed by atoms with E-state index in [0.717, 1.165) is 0 Å². The number of rotatable bonds is 0. The summed E-state index contributed by atoms with van der Waals surface area (Å²) in [6, 6.07) is 0. The average Bonchev–Trinajstić information content (AvgIpc) is 0.722. The van der Waals surface area contributed by atoms with Gasteiger partial charge in [0.05, 0.1) is 0 Å². The molecule has 0 aliphatic heterocycles. The molecule has 0 unspecified atom stereocenters. The summed E-state index contributed by atoms with van der Waals surface area (Å²) in [7, 11) is -4.64. The third kappa shape index (κ3) is 129. The van der Waals surface area contributed by atoms with Gasteiger partial charge in [0.2, 0.25) is 0 Å². The molecular weight excluding hydrogens is 161 g/mol. The predicted octanol–water partition coefficient (Wildman–Crippen LogP) is -3.59. The van der Waals surface area contributed by atoms with Crippen LogP contribution in [-0.2, 0) is 4.57 Å². The second kappa shape index (κ2) is 8.60. The summed E-state index contributed by atoms with van der Waals surface area (Å²) in [5, 5.41) is 0. The summed E-state index contributed by atoms with van der Waals surface area (Å²) >= 11 is 0. The van der Waals surface area contributed by atoms with Crippen LogP contribution in [0.2, 0.25) is 0 Å². The third-order valence-electron chi connectivity index (χ3n) is 0. The van der Waals surface area contributed by atoms with E-state index in [2.05, 4.69) is 0 Å². The molecule has 0 aromatic carbocycles. The Balaban J connectivity index is -0.0000000267. The Bertz CT molecular complexity index is 58.6. The van der Waals surface area contributed by atoms with Crippen molar-refractivity contribution in [1.82, 2.24) is 0 Å². The fourth-order valence-corrected chi connectivity index (χ4v) is 0. The molecule has 8 heavy (non-hydrogen) atoms. The van der Waals surface area contributed by atoms with E-state index in [0.29, 0.717) is 0 Å². The molecule has 0 fully saturated rings. The van der Waals surface area contributed by atoms with Crippen molar-refractivity contribution < 1.29 is 24.7 Å². The molecule has 0 heterocycles. The van der Waals surface area contributed by atoms with Gasteiger partial charge in [-0.3, -0.25) is 0 Å². The Morgan fingerprint density at radius 1 is 1.12 bits per heavy atom. The quantitative estimate of drug-likeness (QED) is 0.258. The molecule has 0 aromatic rings. The summed E-state index contributed by atoms with van der Waals surface area (Å²) in [4.78, 5) is 21.6. The van der Waals surface area contributed by atoms with Gasteiger partial charge < -0.3 is 20.2 Å². The molecule has 0 amide bonds. The maximum atomic E-state index is 8.88. The van der Waals surface area contributed by atoms with Crippen LogP contribution in [0.3, 0.4) is 0 Å². The Morgan fingerprint density at radius 3 is 1.12 bits per heavy atom. The standard InChI is InChI=1S/Al.Na.H3O4P.H2O.4H/c;;1-5(2,3)4;;;;;/h;;(H3,1,2,3,4);1H2;;;;. The summed E-state index contributed by atoms with van der Waals surface area (Å²) < 4.78 is 8.88. The van der Waals surface area contributed by atoms with Crippen molar-refractivity contribution in [3.05, 3.63) is 0 Å². The normalized spacial score (nSPS) is 7.38. The topological polar surface area (TPSA) is 109 Å². The average molecular weight is 170 g/mol. The second-order valence-corrected chi connectivity index (χ2v) is 1.54. The zero-order valence-corrected chi connectivity index (χ0v) is 3.59. The summed E-state index contributed by atoms with van der Waals surface area (Å²) in [5.41, 5.74) is 0. The Labute approximate surface area is 79.1 Å². The van der Waals surface area contributed by atoms with E-state index in [1.54, 1.807) is 0 Å². The van der Waals surface area contributed by atoms with Crippen LogP contribution in [0, 0.1) is 0 Å². The minimum atomic E-state index is -4.64. The summed E-state index contributed by atoms with van der Waals surface area (Å²) in [5.74, 6) is 0. The number of phosphoric acid groups is 1. The van der Waals surface area contributed by atoms with Gasteiger partial charge in [-0.25, -0.2) is 4.57 Å². The van der Waals surface area contributed by atoms with Gasteiger partial charge in [-0.2, -0.15) is 0 Å². The molecular formula is H9AlNaO5P. The molecule has 5 nitrogen and oxygen atoms in total. The molecule has 0 radical (unpaired) electrons. The van der Waals surface area contributed by atoms with Crippen molar-refractivity contribution in [1.29, 1.82) is 0 Å². The fourth-order valence-electron chi connectivity index (χ4n) is 0. The van der Waals surface area contributed by atoms with Crippen molar-refractivity contribution in [3.63, 3.8) is 0 Å². The first-order valence-electron chi connectivity index (χ1n) is 0.783. The molecule has 0 spiro atoms. The fraction of sp³-hybridized carbons (Fsp3) is 0. The molecule has 0 aliphatic rings. The van der Waals surface area contributed by atoms with Gasteiger partial charge >= 0.3 is 37.4 Å². The van der Waals surface area contributed by atoms with Crippen molar-refractivity contribution in [3.8, 4) is 0 Å². The summed E-state index contributed by atoms with van der Waals surface area (Å²) in [6.07, 6.45) is 0. The van der Waals surface area contributed by atoms with Crippen molar-refractivity contribution >= 4 is 54.7 Å². The second-order valence-electron chi connectivity index (χ2n) is 0.513. The van der Waals surface area contributed by atoms with Crippen LogP contribution in [-0.4, -0.2) is 67.1 Å². The minimum absolute atomic E-state index is 0. The molecule has 0 bridgehead atoms. The van der Waals surface area contributed by atoms with E-state index >= 15 is 0 Å². The van der Waals surface area contributed by atoms with Crippen molar-refractivity contribution in [2.24, 2.45) is 0 Å². The van der Waals surface area contributed by atoms with Gasteiger partial charge in [0.15, 0.2) is 17.4 Å². The Hall–Kier alpha value is 1.60. The number of hydrogen-bond acceptors (Lipinski definition) is 1. The van der Waals surface area contributed by atoms with E-state index in [-0.39, 0.29) is 52.4 Å². The molecule has 0 saturated carbocycles. The molecule has 0 rings (SSSR count). The van der Waals surface area contributed by atoms with Gasteiger partial charge in [0, 0.05) is 0 Å². The van der Waals surface area contributed by atoms with Crippen molar-refractivity contribution in [2.45, 2.75) is 0 Å². The van der Waals surface area contributed by atoms with Gasteiger partial charge in [0.25, 0.3) is 0 Å².